The number of nitriles is 1. The van der Waals surface area contributed by atoms with Gasteiger partial charge in [0.1, 0.15) is 6.07 Å². The summed E-state index contributed by atoms with van der Waals surface area (Å²) in [5.41, 5.74) is 1.90. The zero-order valence-corrected chi connectivity index (χ0v) is 15.2. The lowest BCUT2D eigenvalue weighted by Crippen LogP contribution is -2.24. The molecule has 8 nitrogen and oxygen atoms in total. The number of benzene rings is 1. The lowest BCUT2D eigenvalue weighted by Gasteiger charge is -2.14. The third-order valence-electron chi connectivity index (χ3n) is 4.01. The molecule has 2 N–H and O–H groups in total. The summed E-state index contributed by atoms with van der Waals surface area (Å²) in [6.07, 6.45) is -1.31. The second-order valence-corrected chi connectivity index (χ2v) is 6.28. The highest BCUT2D eigenvalue weighted by Crippen LogP contribution is 2.33. The Balaban J connectivity index is 2.32. The van der Waals surface area contributed by atoms with Crippen LogP contribution in [0.15, 0.2) is 53.3 Å². The van der Waals surface area contributed by atoms with Crippen molar-refractivity contribution in [2.45, 2.75) is 19.9 Å². The third-order valence-corrected chi connectivity index (χ3v) is 4.01. The Labute approximate surface area is 160 Å². The minimum Gasteiger partial charge on any atom is -0.465 e. The van der Waals surface area contributed by atoms with E-state index in [4.69, 9.17) is 5.11 Å². The maximum Gasteiger partial charge on any atom is 0.409 e. The average Bonchev–Trinajstić information content (AvgIpc) is 2.68. The topological polar surface area (TPSA) is 121 Å². The van der Waals surface area contributed by atoms with Crippen LogP contribution in [0.25, 0.3) is 22.5 Å². The molecule has 8 heteroatoms. The standard InChI is InChI=1S/C20H17N5O3/c1-12(2)25-18(26)9-8-15(24-25)14-10-16(23-20(27)28)17(11-21)22-19(14)13-6-4-3-5-7-13/h3-10,12,23H,1-2H3,(H,27,28). The molecule has 2 aromatic heterocycles. The molecule has 28 heavy (non-hydrogen) atoms. The number of nitrogens with one attached hydrogen (secondary N) is 1. The molecule has 3 aromatic rings. The quantitative estimate of drug-likeness (QED) is 0.720. The number of carbonyl (C=O) groups is 1. The van der Waals surface area contributed by atoms with Crippen LogP contribution in [-0.2, 0) is 0 Å². The fraction of sp³-hybridized carbons (Fsp3) is 0.150. The van der Waals surface area contributed by atoms with Gasteiger partial charge in [0.05, 0.1) is 23.1 Å². The van der Waals surface area contributed by atoms with Gasteiger partial charge in [-0.25, -0.2) is 14.5 Å². The second kappa shape index (κ2) is 7.72. The predicted molar refractivity (Wildman–Crippen MR) is 104 cm³/mol. The first-order valence-electron chi connectivity index (χ1n) is 8.51. The van der Waals surface area contributed by atoms with Gasteiger partial charge in [0.25, 0.3) is 5.56 Å². The van der Waals surface area contributed by atoms with E-state index >= 15 is 0 Å². The zero-order chi connectivity index (χ0) is 20.3. The number of anilines is 1. The highest BCUT2D eigenvalue weighted by molar-refractivity contribution is 5.89. The lowest BCUT2D eigenvalue weighted by molar-refractivity contribution is 0.209. The minimum atomic E-state index is -1.31. The molecule has 0 radical (unpaired) electrons. The van der Waals surface area contributed by atoms with Crippen molar-refractivity contribution in [2.24, 2.45) is 0 Å². The van der Waals surface area contributed by atoms with Crippen LogP contribution in [-0.4, -0.2) is 26.0 Å². The summed E-state index contributed by atoms with van der Waals surface area (Å²) < 4.78 is 1.34. The molecule has 3 rings (SSSR count). The van der Waals surface area contributed by atoms with Crippen molar-refractivity contribution < 1.29 is 9.90 Å². The lowest BCUT2D eigenvalue weighted by atomic mass is 10.0. The van der Waals surface area contributed by atoms with E-state index in [-0.39, 0.29) is 23.0 Å². The number of carboxylic acid groups (broad SMARTS) is 1. The van der Waals surface area contributed by atoms with E-state index in [1.807, 2.05) is 50.2 Å². The molecule has 2 heterocycles. The first-order valence-corrected chi connectivity index (χ1v) is 8.51. The summed E-state index contributed by atoms with van der Waals surface area (Å²) in [4.78, 5) is 27.6. The number of rotatable bonds is 4. The molecule has 140 valence electrons. The Hall–Kier alpha value is -3.99. The number of aromatic nitrogens is 3. The first-order chi connectivity index (χ1) is 13.4. The van der Waals surface area contributed by atoms with Gasteiger partial charge in [-0.05, 0) is 26.0 Å². The van der Waals surface area contributed by atoms with Gasteiger partial charge in [-0.2, -0.15) is 10.4 Å². The molecular formula is C20H17N5O3. The summed E-state index contributed by atoms with van der Waals surface area (Å²) in [5.74, 6) is 0. The molecule has 0 atom stereocenters. The van der Waals surface area contributed by atoms with Crippen LogP contribution in [0.3, 0.4) is 0 Å². The number of hydrogen-bond acceptors (Lipinski definition) is 5. The van der Waals surface area contributed by atoms with E-state index in [0.717, 1.165) is 5.56 Å². The first kappa shape index (κ1) is 18.8. The van der Waals surface area contributed by atoms with Gasteiger partial charge < -0.3 is 5.11 Å². The van der Waals surface area contributed by atoms with Gasteiger partial charge in [0.2, 0.25) is 0 Å². The number of pyridine rings is 1. The molecule has 1 aromatic carbocycles. The van der Waals surface area contributed by atoms with Crippen molar-refractivity contribution in [2.75, 3.05) is 5.32 Å². The van der Waals surface area contributed by atoms with E-state index in [2.05, 4.69) is 15.4 Å². The monoisotopic (exact) mass is 375 g/mol. The van der Waals surface area contributed by atoms with E-state index in [0.29, 0.717) is 17.0 Å². The molecule has 0 saturated heterocycles. The largest absolute Gasteiger partial charge is 0.465 e. The van der Waals surface area contributed by atoms with Crippen molar-refractivity contribution >= 4 is 11.8 Å². The molecule has 0 bridgehead atoms. The summed E-state index contributed by atoms with van der Waals surface area (Å²) in [5, 5.41) is 25.1. The molecule has 0 aliphatic rings. The van der Waals surface area contributed by atoms with Crippen molar-refractivity contribution in [3.63, 3.8) is 0 Å². The summed E-state index contributed by atoms with van der Waals surface area (Å²) >= 11 is 0. The molecular weight excluding hydrogens is 358 g/mol. The van der Waals surface area contributed by atoms with Gasteiger partial charge in [-0.15, -0.1) is 0 Å². The smallest absolute Gasteiger partial charge is 0.409 e. The van der Waals surface area contributed by atoms with Gasteiger partial charge in [0, 0.05) is 17.2 Å². The fourth-order valence-corrected chi connectivity index (χ4v) is 2.76. The second-order valence-electron chi connectivity index (χ2n) is 6.28. The molecule has 1 amide bonds. The maximum atomic E-state index is 12.1. The summed E-state index contributed by atoms with van der Waals surface area (Å²) in [6, 6.07) is 15.4. The van der Waals surface area contributed by atoms with Crippen molar-refractivity contribution in [1.29, 1.82) is 5.26 Å². The van der Waals surface area contributed by atoms with E-state index in [1.165, 1.54) is 16.8 Å². The molecule has 0 spiro atoms. The van der Waals surface area contributed by atoms with Gasteiger partial charge >= 0.3 is 6.09 Å². The Morgan fingerprint density at radius 2 is 1.93 bits per heavy atom. The maximum absolute atomic E-state index is 12.1. The Bertz CT molecular complexity index is 1130. The van der Waals surface area contributed by atoms with Crippen LogP contribution < -0.4 is 10.9 Å². The third kappa shape index (κ3) is 3.73. The number of amides is 1. The Kier molecular flexibility index (Phi) is 5.18. The van der Waals surface area contributed by atoms with Crippen LogP contribution in [0.5, 0.6) is 0 Å². The predicted octanol–water partition coefficient (Wildman–Crippen LogP) is 3.51. The Morgan fingerprint density at radius 1 is 1.21 bits per heavy atom. The van der Waals surface area contributed by atoms with E-state index in [1.54, 1.807) is 6.07 Å². The van der Waals surface area contributed by atoms with Crippen LogP contribution in [0.1, 0.15) is 25.6 Å². The Morgan fingerprint density at radius 3 is 2.54 bits per heavy atom. The highest BCUT2D eigenvalue weighted by atomic mass is 16.4. The molecule has 0 unspecified atom stereocenters. The van der Waals surface area contributed by atoms with Gasteiger partial charge in [-0.1, -0.05) is 30.3 Å². The highest BCUT2D eigenvalue weighted by Gasteiger charge is 2.18. The SMILES string of the molecule is CC(C)n1nc(-c2cc(NC(=O)O)c(C#N)nc2-c2ccccc2)ccc1=O. The summed E-state index contributed by atoms with van der Waals surface area (Å²) in [6.45, 7) is 3.68. The molecule has 0 aliphatic carbocycles. The minimum absolute atomic E-state index is 0.0498. The van der Waals surface area contributed by atoms with Crippen molar-refractivity contribution in [1.82, 2.24) is 14.8 Å². The van der Waals surface area contributed by atoms with Crippen LogP contribution >= 0.6 is 0 Å². The van der Waals surface area contributed by atoms with Crippen molar-refractivity contribution in [3.8, 4) is 28.6 Å². The average molecular weight is 375 g/mol. The van der Waals surface area contributed by atoms with Gasteiger partial charge in [0.15, 0.2) is 5.69 Å². The van der Waals surface area contributed by atoms with Gasteiger partial charge in [-0.3, -0.25) is 10.1 Å². The number of nitrogens with zero attached hydrogens (tertiary/aromatic N) is 4. The molecule has 0 saturated carbocycles. The molecule has 0 aliphatic heterocycles. The van der Waals surface area contributed by atoms with Crippen LogP contribution in [0, 0.1) is 11.3 Å². The zero-order valence-electron chi connectivity index (χ0n) is 15.2. The van der Waals surface area contributed by atoms with Crippen LogP contribution in [0.2, 0.25) is 0 Å². The van der Waals surface area contributed by atoms with Crippen molar-refractivity contribution in [3.05, 3.63) is 64.6 Å². The fourth-order valence-electron chi connectivity index (χ4n) is 2.76. The normalized spacial score (nSPS) is 10.5. The summed E-state index contributed by atoms with van der Waals surface area (Å²) in [7, 11) is 0. The number of hydrogen-bond donors (Lipinski definition) is 2. The van der Waals surface area contributed by atoms with E-state index in [9.17, 15) is 14.9 Å². The van der Waals surface area contributed by atoms with E-state index < -0.39 is 6.09 Å². The van der Waals surface area contributed by atoms with Crippen LogP contribution in [0.4, 0.5) is 10.5 Å². The molecule has 0 fully saturated rings.